The van der Waals surface area contributed by atoms with Crippen LogP contribution in [0.5, 0.6) is 0 Å². The van der Waals surface area contributed by atoms with Crippen molar-refractivity contribution in [2.45, 2.75) is 38.1 Å². The molecule has 6 heteroatoms. The van der Waals surface area contributed by atoms with Gasteiger partial charge in [0, 0.05) is 24.7 Å². The van der Waals surface area contributed by atoms with E-state index < -0.39 is 17.8 Å². The first-order valence-corrected chi connectivity index (χ1v) is 7.91. The largest absolute Gasteiger partial charge is 0.481 e. The molecule has 0 aliphatic carbocycles. The van der Waals surface area contributed by atoms with Gasteiger partial charge in [-0.2, -0.15) is 0 Å². The van der Waals surface area contributed by atoms with E-state index in [-0.39, 0.29) is 24.3 Å². The van der Waals surface area contributed by atoms with Gasteiger partial charge in [0.15, 0.2) is 0 Å². The lowest BCUT2D eigenvalue weighted by Gasteiger charge is -2.40. The summed E-state index contributed by atoms with van der Waals surface area (Å²) in [5, 5.41) is 12.1. The van der Waals surface area contributed by atoms with Gasteiger partial charge in [0.05, 0.1) is 11.8 Å². The van der Waals surface area contributed by atoms with Crippen LogP contribution in [0, 0.1) is 5.92 Å². The normalized spacial score (nSPS) is 27.1. The maximum Gasteiger partial charge on any atom is 0.308 e. The lowest BCUT2D eigenvalue weighted by Crippen LogP contribution is -2.51. The zero-order valence-electron chi connectivity index (χ0n) is 13.0. The second-order valence-electron chi connectivity index (χ2n) is 6.25. The van der Waals surface area contributed by atoms with Crippen LogP contribution in [0.15, 0.2) is 24.3 Å². The van der Waals surface area contributed by atoms with Crippen LogP contribution in [0.1, 0.15) is 37.7 Å². The molecule has 2 N–H and O–H groups in total. The van der Waals surface area contributed by atoms with Crippen LogP contribution in [-0.2, 0) is 14.4 Å². The zero-order valence-corrected chi connectivity index (χ0v) is 13.0. The Morgan fingerprint density at radius 2 is 2.04 bits per heavy atom. The summed E-state index contributed by atoms with van der Waals surface area (Å²) < 4.78 is 0. The molecule has 3 atom stereocenters. The number of carboxylic acid groups (broad SMARTS) is 1. The highest BCUT2D eigenvalue weighted by Gasteiger charge is 2.40. The molecule has 0 radical (unpaired) electrons. The summed E-state index contributed by atoms with van der Waals surface area (Å²) in [7, 11) is 0. The van der Waals surface area contributed by atoms with E-state index in [0.717, 1.165) is 5.56 Å². The fourth-order valence-electron chi connectivity index (χ4n) is 3.62. The molecule has 1 fully saturated rings. The number of nitrogens with one attached hydrogen (secondary N) is 1. The highest BCUT2D eigenvalue weighted by Crippen LogP contribution is 2.35. The van der Waals surface area contributed by atoms with Gasteiger partial charge in [0.2, 0.25) is 11.8 Å². The summed E-state index contributed by atoms with van der Waals surface area (Å²) in [6, 6.07) is 6.94. The van der Waals surface area contributed by atoms with Crippen molar-refractivity contribution in [3.63, 3.8) is 0 Å². The Kier molecular flexibility index (Phi) is 4.07. The van der Waals surface area contributed by atoms with E-state index in [4.69, 9.17) is 0 Å². The number of amides is 2. The summed E-state index contributed by atoms with van der Waals surface area (Å²) in [5.41, 5.74) is 1.48. The maximum atomic E-state index is 13.0. The van der Waals surface area contributed by atoms with Gasteiger partial charge in [0.25, 0.3) is 0 Å². The Bertz CT molecular complexity index is 658. The fourth-order valence-corrected chi connectivity index (χ4v) is 3.62. The summed E-state index contributed by atoms with van der Waals surface area (Å²) in [5.74, 6) is -2.26. The number of likely N-dealkylation sites (tertiary alicyclic amines) is 1. The van der Waals surface area contributed by atoms with Gasteiger partial charge in [-0.3, -0.25) is 14.4 Å². The Morgan fingerprint density at radius 1 is 1.30 bits per heavy atom. The number of carbonyl (C=O) groups is 3. The highest BCUT2D eigenvalue weighted by molar-refractivity contribution is 6.01. The van der Waals surface area contributed by atoms with Crippen LogP contribution < -0.4 is 5.32 Å². The molecule has 23 heavy (non-hydrogen) atoms. The standard InChI is InChI=1S/C17H20N2O4/c1-10-11(17(22)23)6-4-8-19(10)16(21)13-9-15(20)18-14-7-3-2-5-12(13)14/h2-3,5,7,10-11,13H,4,6,8-9H2,1H3,(H,18,20)(H,22,23)/t10-,11-,13?/m1/s1. The summed E-state index contributed by atoms with van der Waals surface area (Å²) in [6.07, 6.45) is 1.37. The van der Waals surface area contributed by atoms with Crippen LogP contribution in [0.25, 0.3) is 0 Å². The van der Waals surface area contributed by atoms with Crippen molar-refractivity contribution in [1.82, 2.24) is 4.90 Å². The van der Waals surface area contributed by atoms with E-state index in [2.05, 4.69) is 5.32 Å². The predicted molar refractivity (Wildman–Crippen MR) is 84.0 cm³/mol. The van der Waals surface area contributed by atoms with Gasteiger partial charge in [-0.15, -0.1) is 0 Å². The second-order valence-corrected chi connectivity index (χ2v) is 6.25. The summed E-state index contributed by atoms with van der Waals surface area (Å²) in [6.45, 7) is 2.33. The van der Waals surface area contributed by atoms with Crippen LogP contribution in [0.2, 0.25) is 0 Å². The molecule has 0 saturated carbocycles. The molecule has 122 valence electrons. The van der Waals surface area contributed by atoms with Crippen LogP contribution in [0.3, 0.4) is 0 Å². The van der Waals surface area contributed by atoms with Crippen LogP contribution >= 0.6 is 0 Å². The Labute approximate surface area is 134 Å². The molecular formula is C17H20N2O4. The lowest BCUT2D eigenvalue weighted by molar-refractivity contribution is -0.150. The van der Waals surface area contributed by atoms with Gasteiger partial charge >= 0.3 is 5.97 Å². The van der Waals surface area contributed by atoms with Gasteiger partial charge < -0.3 is 15.3 Å². The number of hydrogen-bond donors (Lipinski definition) is 2. The molecular weight excluding hydrogens is 296 g/mol. The van der Waals surface area contributed by atoms with Crippen molar-refractivity contribution in [3.05, 3.63) is 29.8 Å². The highest BCUT2D eigenvalue weighted by atomic mass is 16.4. The average molecular weight is 316 g/mol. The first-order chi connectivity index (χ1) is 11.0. The predicted octanol–water partition coefficient (Wildman–Crippen LogP) is 1.82. The lowest BCUT2D eigenvalue weighted by atomic mass is 9.85. The number of benzene rings is 1. The molecule has 1 unspecified atom stereocenters. The Morgan fingerprint density at radius 3 is 2.78 bits per heavy atom. The number of carboxylic acids is 1. The van der Waals surface area contributed by atoms with Crippen molar-refractivity contribution in [1.29, 1.82) is 0 Å². The monoisotopic (exact) mass is 316 g/mol. The SMILES string of the molecule is C[C@@H]1[C@H](C(=O)O)CCCN1C(=O)C1CC(=O)Nc2ccccc21. The first kappa shape index (κ1) is 15.5. The number of para-hydroxylation sites is 1. The van der Waals surface area contributed by atoms with Gasteiger partial charge in [-0.25, -0.2) is 0 Å². The summed E-state index contributed by atoms with van der Waals surface area (Å²) in [4.78, 5) is 37.9. The number of aliphatic carboxylic acids is 1. The topological polar surface area (TPSA) is 86.7 Å². The minimum Gasteiger partial charge on any atom is -0.481 e. The van der Waals surface area contributed by atoms with Crippen molar-refractivity contribution >= 4 is 23.5 Å². The van der Waals surface area contributed by atoms with Gasteiger partial charge in [0.1, 0.15) is 0 Å². The van der Waals surface area contributed by atoms with E-state index >= 15 is 0 Å². The Hall–Kier alpha value is -2.37. The Balaban J connectivity index is 1.88. The average Bonchev–Trinajstić information content (AvgIpc) is 2.53. The van der Waals surface area contributed by atoms with E-state index in [0.29, 0.717) is 25.1 Å². The molecule has 2 amide bonds. The molecule has 1 aromatic carbocycles. The number of piperidine rings is 1. The molecule has 2 aliphatic heterocycles. The van der Waals surface area contributed by atoms with E-state index in [1.165, 1.54) is 0 Å². The van der Waals surface area contributed by atoms with Crippen molar-refractivity contribution in [2.24, 2.45) is 5.92 Å². The van der Waals surface area contributed by atoms with Gasteiger partial charge in [-0.1, -0.05) is 18.2 Å². The number of rotatable bonds is 2. The summed E-state index contributed by atoms with van der Waals surface area (Å²) >= 11 is 0. The zero-order chi connectivity index (χ0) is 16.6. The number of carbonyl (C=O) groups excluding carboxylic acids is 2. The second kappa shape index (κ2) is 6.02. The minimum absolute atomic E-state index is 0.108. The van der Waals surface area contributed by atoms with Gasteiger partial charge in [-0.05, 0) is 31.4 Å². The van der Waals surface area contributed by atoms with Crippen molar-refractivity contribution < 1.29 is 19.5 Å². The third-order valence-electron chi connectivity index (χ3n) is 4.89. The number of fused-ring (bicyclic) bond motifs is 1. The third-order valence-corrected chi connectivity index (χ3v) is 4.89. The van der Waals surface area contributed by atoms with E-state index in [1.807, 2.05) is 18.2 Å². The smallest absolute Gasteiger partial charge is 0.308 e. The van der Waals surface area contributed by atoms with Crippen molar-refractivity contribution in [2.75, 3.05) is 11.9 Å². The fraction of sp³-hybridized carbons (Fsp3) is 0.471. The molecule has 0 bridgehead atoms. The van der Waals surface area contributed by atoms with E-state index in [9.17, 15) is 19.5 Å². The number of anilines is 1. The molecule has 0 aromatic heterocycles. The molecule has 3 rings (SSSR count). The van der Waals surface area contributed by atoms with Crippen LogP contribution in [-0.4, -0.2) is 40.4 Å². The van der Waals surface area contributed by atoms with E-state index in [1.54, 1.807) is 17.9 Å². The van der Waals surface area contributed by atoms with Crippen molar-refractivity contribution in [3.8, 4) is 0 Å². The molecule has 6 nitrogen and oxygen atoms in total. The first-order valence-electron chi connectivity index (χ1n) is 7.91. The molecule has 2 heterocycles. The number of nitrogens with zero attached hydrogens (tertiary/aromatic N) is 1. The minimum atomic E-state index is -0.864. The molecule has 0 spiro atoms. The quantitative estimate of drug-likeness (QED) is 0.871. The molecule has 1 saturated heterocycles. The third kappa shape index (κ3) is 2.81. The molecule has 2 aliphatic rings. The maximum absolute atomic E-state index is 13.0. The number of hydrogen-bond acceptors (Lipinski definition) is 3. The van der Waals surface area contributed by atoms with Crippen LogP contribution in [0.4, 0.5) is 5.69 Å². The molecule has 1 aromatic rings.